The Labute approximate surface area is 188 Å². The number of amides is 1. The first kappa shape index (κ1) is 23.4. The summed E-state index contributed by atoms with van der Waals surface area (Å²) in [5.41, 5.74) is -0.687. The topological polar surface area (TPSA) is 94.8 Å². The normalized spacial score (nSPS) is 16.1. The second kappa shape index (κ2) is 8.57. The van der Waals surface area contributed by atoms with Crippen molar-refractivity contribution in [2.75, 3.05) is 7.11 Å². The molecule has 0 fully saturated rings. The minimum absolute atomic E-state index is 0.185. The van der Waals surface area contributed by atoms with Gasteiger partial charge in [-0.25, -0.2) is 4.98 Å². The molecule has 0 radical (unpaired) electrons. The number of fused-ring (bicyclic) bond motifs is 1. The molecule has 3 aromatic heterocycles. The maximum Gasteiger partial charge on any atom is 0.451 e. The van der Waals surface area contributed by atoms with Crippen LogP contribution in [0.3, 0.4) is 0 Å². The Balaban J connectivity index is 1.61. The third-order valence-corrected chi connectivity index (χ3v) is 5.08. The number of aryl methyl sites for hydroxylation is 1. The first-order valence-electron chi connectivity index (χ1n) is 9.88. The molecule has 0 spiro atoms. The van der Waals surface area contributed by atoms with Crippen LogP contribution in [0, 0.1) is 0 Å². The summed E-state index contributed by atoms with van der Waals surface area (Å²) < 4.78 is 84.5. The van der Waals surface area contributed by atoms with Gasteiger partial charge in [0.25, 0.3) is 5.91 Å². The van der Waals surface area contributed by atoms with E-state index in [1.54, 1.807) is 4.68 Å². The third kappa shape index (κ3) is 4.79. The van der Waals surface area contributed by atoms with Gasteiger partial charge < -0.3 is 10.1 Å². The van der Waals surface area contributed by atoms with E-state index in [9.17, 15) is 31.1 Å². The van der Waals surface area contributed by atoms with Gasteiger partial charge in [-0.05, 0) is 31.0 Å². The zero-order valence-electron chi connectivity index (χ0n) is 17.4. The molecule has 1 atom stereocenters. The minimum atomic E-state index is -4.89. The van der Waals surface area contributed by atoms with Crippen LogP contribution in [0.4, 0.5) is 26.3 Å². The van der Waals surface area contributed by atoms with Crippen molar-refractivity contribution in [1.82, 2.24) is 30.0 Å². The van der Waals surface area contributed by atoms with Crippen LogP contribution in [0.25, 0.3) is 11.3 Å². The molecular formula is C20H16F6N6O2. The number of carbonyl (C=O) groups excluding carboxylic acids is 1. The van der Waals surface area contributed by atoms with Gasteiger partial charge in [0, 0.05) is 24.4 Å². The van der Waals surface area contributed by atoms with Crippen LogP contribution in [-0.4, -0.2) is 37.7 Å². The van der Waals surface area contributed by atoms with Crippen molar-refractivity contribution in [2.45, 2.75) is 37.8 Å². The fourth-order valence-electron chi connectivity index (χ4n) is 3.52. The molecule has 0 bridgehead atoms. The molecule has 1 aliphatic heterocycles. The van der Waals surface area contributed by atoms with E-state index in [1.807, 2.05) is 0 Å². The van der Waals surface area contributed by atoms with E-state index in [1.165, 1.54) is 12.1 Å². The molecule has 4 heterocycles. The summed E-state index contributed by atoms with van der Waals surface area (Å²) >= 11 is 0. The summed E-state index contributed by atoms with van der Waals surface area (Å²) in [6.07, 6.45) is -7.47. The number of nitrogens with one attached hydrogen (secondary N) is 1. The van der Waals surface area contributed by atoms with Gasteiger partial charge in [-0.1, -0.05) is 0 Å². The quantitative estimate of drug-likeness (QED) is 0.560. The maximum absolute atomic E-state index is 13.1. The highest BCUT2D eigenvalue weighted by Crippen LogP contribution is 2.33. The standard InChI is InChI=1S/C20H16F6N6O2/c1-34-16-9-13(29-18(30-16)20(24,25)26)17(33)28-11-3-2-6-32-14(11)8-12(31-32)10-4-5-27-15(7-10)19(21,22)23/h4-5,7-9,11H,2-3,6H2,1H3,(H,28,33)/t11-/m1/s1. The molecule has 0 unspecified atom stereocenters. The Bertz CT molecular complexity index is 1220. The molecule has 0 saturated carbocycles. The van der Waals surface area contributed by atoms with E-state index in [2.05, 4.69) is 25.4 Å². The minimum Gasteiger partial charge on any atom is -0.481 e. The average molecular weight is 486 g/mol. The Morgan fingerprint density at radius 3 is 2.56 bits per heavy atom. The molecule has 14 heteroatoms. The third-order valence-electron chi connectivity index (χ3n) is 5.08. The molecule has 180 valence electrons. The monoisotopic (exact) mass is 486 g/mol. The molecule has 0 aromatic carbocycles. The van der Waals surface area contributed by atoms with Crippen LogP contribution in [0.2, 0.25) is 0 Å². The van der Waals surface area contributed by atoms with Crippen molar-refractivity contribution < 1.29 is 35.9 Å². The average Bonchev–Trinajstić information content (AvgIpc) is 3.23. The zero-order valence-corrected chi connectivity index (χ0v) is 17.4. The summed E-state index contributed by atoms with van der Waals surface area (Å²) in [6.45, 7) is 0.457. The van der Waals surface area contributed by atoms with Crippen LogP contribution in [0.15, 0.2) is 30.5 Å². The summed E-state index contributed by atoms with van der Waals surface area (Å²) in [5, 5.41) is 6.94. The van der Waals surface area contributed by atoms with Crippen LogP contribution in [0.5, 0.6) is 5.88 Å². The lowest BCUT2D eigenvalue weighted by Crippen LogP contribution is -2.33. The van der Waals surface area contributed by atoms with E-state index in [-0.39, 0.29) is 11.3 Å². The number of aromatic nitrogens is 5. The molecule has 1 aliphatic rings. The van der Waals surface area contributed by atoms with Crippen molar-refractivity contribution in [1.29, 1.82) is 0 Å². The number of pyridine rings is 1. The predicted molar refractivity (Wildman–Crippen MR) is 103 cm³/mol. The number of rotatable bonds is 4. The van der Waals surface area contributed by atoms with Gasteiger partial charge in [0.05, 0.1) is 24.5 Å². The van der Waals surface area contributed by atoms with Gasteiger partial charge in [0.15, 0.2) is 0 Å². The lowest BCUT2D eigenvalue weighted by Gasteiger charge is -2.24. The van der Waals surface area contributed by atoms with Gasteiger partial charge in [0.1, 0.15) is 11.4 Å². The first-order chi connectivity index (χ1) is 16.0. The number of methoxy groups -OCH3 is 1. The van der Waals surface area contributed by atoms with Crippen LogP contribution < -0.4 is 10.1 Å². The van der Waals surface area contributed by atoms with E-state index in [0.29, 0.717) is 25.1 Å². The molecule has 1 N–H and O–H groups in total. The van der Waals surface area contributed by atoms with Crippen LogP contribution in [0.1, 0.15) is 46.6 Å². The fourth-order valence-corrected chi connectivity index (χ4v) is 3.52. The number of hydrogen-bond donors (Lipinski definition) is 1. The highest BCUT2D eigenvalue weighted by molar-refractivity contribution is 5.92. The van der Waals surface area contributed by atoms with Gasteiger partial charge >= 0.3 is 12.4 Å². The molecule has 0 aliphatic carbocycles. The second-order valence-electron chi connectivity index (χ2n) is 7.39. The molecule has 4 rings (SSSR count). The van der Waals surface area contributed by atoms with Gasteiger partial charge in [-0.2, -0.15) is 36.4 Å². The SMILES string of the molecule is COc1cc(C(=O)N[C@@H]2CCCn3nc(-c4ccnc(C(F)(F)F)c4)cc32)nc(C(F)(F)F)n1. The summed E-state index contributed by atoms with van der Waals surface area (Å²) in [4.78, 5) is 22.5. The van der Waals surface area contributed by atoms with Crippen molar-refractivity contribution >= 4 is 5.91 Å². The van der Waals surface area contributed by atoms with E-state index in [0.717, 1.165) is 25.4 Å². The van der Waals surface area contributed by atoms with Gasteiger partial charge in [-0.3, -0.25) is 14.5 Å². The lowest BCUT2D eigenvalue weighted by atomic mass is 10.0. The molecule has 1 amide bonds. The van der Waals surface area contributed by atoms with Crippen molar-refractivity contribution in [3.8, 4) is 17.1 Å². The van der Waals surface area contributed by atoms with Crippen molar-refractivity contribution in [3.63, 3.8) is 0 Å². The number of ether oxygens (including phenoxy) is 1. The van der Waals surface area contributed by atoms with Crippen LogP contribution >= 0.6 is 0 Å². The predicted octanol–water partition coefficient (Wildman–Crippen LogP) is 4.05. The second-order valence-corrected chi connectivity index (χ2v) is 7.39. The number of hydrogen-bond acceptors (Lipinski definition) is 6. The summed E-state index contributed by atoms with van der Waals surface area (Å²) in [5.74, 6) is -2.84. The molecule has 3 aromatic rings. The smallest absolute Gasteiger partial charge is 0.451 e. The molecule has 0 saturated heterocycles. The number of nitrogens with zero attached hydrogens (tertiary/aromatic N) is 5. The largest absolute Gasteiger partial charge is 0.481 e. The Morgan fingerprint density at radius 1 is 1.12 bits per heavy atom. The summed E-state index contributed by atoms with van der Waals surface area (Å²) in [6, 6.07) is 4.10. The number of halogens is 6. The Kier molecular flexibility index (Phi) is 5.91. The van der Waals surface area contributed by atoms with Crippen LogP contribution in [-0.2, 0) is 18.9 Å². The number of carbonyl (C=O) groups is 1. The Hall–Kier alpha value is -3.71. The molecule has 8 nitrogen and oxygen atoms in total. The fraction of sp³-hybridized carbons (Fsp3) is 0.350. The zero-order chi connectivity index (χ0) is 24.7. The van der Waals surface area contributed by atoms with E-state index in [4.69, 9.17) is 4.74 Å². The highest BCUT2D eigenvalue weighted by Gasteiger charge is 2.37. The van der Waals surface area contributed by atoms with Gasteiger partial charge in [0.2, 0.25) is 11.7 Å². The van der Waals surface area contributed by atoms with E-state index < -0.39 is 47.4 Å². The van der Waals surface area contributed by atoms with Crippen molar-refractivity contribution in [3.05, 3.63) is 53.4 Å². The van der Waals surface area contributed by atoms with Crippen molar-refractivity contribution in [2.24, 2.45) is 0 Å². The first-order valence-corrected chi connectivity index (χ1v) is 9.88. The molecule has 34 heavy (non-hydrogen) atoms. The molecular weight excluding hydrogens is 470 g/mol. The number of alkyl halides is 6. The highest BCUT2D eigenvalue weighted by atomic mass is 19.4. The van der Waals surface area contributed by atoms with Gasteiger partial charge in [-0.15, -0.1) is 0 Å². The maximum atomic E-state index is 13.1. The Morgan fingerprint density at radius 2 is 1.88 bits per heavy atom. The summed E-state index contributed by atoms with van der Waals surface area (Å²) in [7, 11) is 1.11. The van der Waals surface area contributed by atoms with E-state index >= 15 is 0 Å². The lowest BCUT2D eigenvalue weighted by molar-refractivity contribution is -0.145.